The van der Waals surface area contributed by atoms with Gasteiger partial charge < -0.3 is 10.1 Å². The molecule has 28 heavy (non-hydrogen) atoms. The fraction of sp³-hybridized carbons (Fsp3) is 0.0455. The maximum atomic E-state index is 13.1. The summed E-state index contributed by atoms with van der Waals surface area (Å²) >= 11 is 0. The van der Waals surface area contributed by atoms with Gasteiger partial charge in [-0.25, -0.2) is 0 Å². The highest BCUT2D eigenvalue weighted by Gasteiger charge is 2.17. The van der Waals surface area contributed by atoms with Crippen molar-refractivity contribution in [3.05, 3.63) is 100 Å². The summed E-state index contributed by atoms with van der Waals surface area (Å²) in [5, 5.41) is 13.8. The molecule has 3 aromatic carbocycles. The average molecular weight is 374 g/mol. The lowest BCUT2D eigenvalue weighted by Crippen LogP contribution is -2.14. The zero-order valence-electron chi connectivity index (χ0n) is 15.2. The molecule has 0 bridgehead atoms. The zero-order chi connectivity index (χ0) is 19.9. The van der Waals surface area contributed by atoms with E-state index in [-0.39, 0.29) is 11.4 Å². The van der Waals surface area contributed by atoms with E-state index in [4.69, 9.17) is 4.74 Å². The molecule has 140 valence electrons. The van der Waals surface area contributed by atoms with E-state index < -0.39 is 10.8 Å². The lowest BCUT2D eigenvalue weighted by atomic mass is 10.0. The summed E-state index contributed by atoms with van der Waals surface area (Å²) < 4.78 is 5.23. The van der Waals surface area contributed by atoms with Gasteiger partial charge in [0, 0.05) is 17.7 Å². The third kappa shape index (κ3) is 4.42. The Morgan fingerprint density at radius 2 is 1.64 bits per heavy atom. The lowest BCUT2D eigenvalue weighted by molar-refractivity contribution is -0.384. The molecule has 0 aromatic heterocycles. The van der Waals surface area contributed by atoms with Crippen molar-refractivity contribution in [2.45, 2.75) is 0 Å². The molecule has 0 heterocycles. The molecule has 0 aliphatic rings. The first-order valence-electron chi connectivity index (χ1n) is 8.54. The number of nitrogens with one attached hydrogen (secondary N) is 1. The normalized spacial score (nSPS) is 11.0. The van der Waals surface area contributed by atoms with E-state index in [0.29, 0.717) is 11.3 Å². The Morgan fingerprint density at radius 3 is 2.25 bits per heavy atom. The standard InChI is InChI=1S/C22H18N2O4/c1-28-21-13-12-18(24(26)27)15-20(21)23-22(25)19(17-10-6-3-7-11-17)14-16-8-4-2-5-9-16/h2-15H,1H3,(H,23,25). The number of carbonyl (C=O) groups is 1. The van der Waals surface area contributed by atoms with E-state index in [9.17, 15) is 14.9 Å². The van der Waals surface area contributed by atoms with Crippen molar-refractivity contribution in [3.8, 4) is 5.75 Å². The van der Waals surface area contributed by atoms with Crippen molar-refractivity contribution in [1.29, 1.82) is 0 Å². The first-order chi connectivity index (χ1) is 13.6. The van der Waals surface area contributed by atoms with Gasteiger partial charge in [-0.1, -0.05) is 60.7 Å². The van der Waals surface area contributed by atoms with E-state index >= 15 is 0 Å². The van der Waals surface area contributed by atoms with Crippen molar-refractivity contribution in [3.63, 3.8) is 0 Å². The molecule has 3 rings (SSSR count). The number of hydrogen-bond acceptors (Lipinski definition) is 4. The Bertz CT molecular complexity index is 1020. The molecule has 0 unspecified atom stereocenters. The summed E-state index contributed by atoms with van der Waals surface area (Å²) in [5.41, 5.74) is 2.12. The Hall–Kier alpha value is -3.93. The number of non-ortho nitro benzene ring substituents is 1. The fourth-order valence-electron chi connectivity index (χ4n) is 2.71. The molecule has 0 radical (unpaired) electrons. The number of carbonyl (C=O) groups excluding carboxylic acids is 1. The summed E-state index contributed by atoms with van der Waals surface area (Å²) in [6.45, 7) is 0. The van der Waals surface area contributed by atoms with Crippen LogP contribution in [0.4, 0.5) is 11.4 Å². The van der Waals surface area contributed by atoms with E-state index in [1.54, 1.807) is 6.08 Å². The van der Waals surface area contributed by atoms with E-state index in [0.717, 1.165) is 11.1 Å². The minimum Gasteiger partial charge on any atom is -0.495 e. The van der Waals surface area contributed by atoms with Gasteiger partial charge in [0.25, 0.3) is 11.6 Å². The zero-order valence-corrected chi connectivity index (χ0v) is 15.2. The van der Waals surface area contributed by atoms with Gasteiger partial charge in [0.1, 0.15) is 5.75 Å². The van der Waals surface area contributed by atoms with Crippen LogP contribution in [0.1, 0.15) is 11.1 Å². The van der Waals surface area contributed by atoms with Crippen LogP contribution in [-0.2, 0) is 4.79 Å². The monoisotopic (exact) mass is 374 g/mol. The average Bonchev–Trinajstić information content (AvgIpc) is 2.73. The first-order valence-corrected chi connectivity index (χ1v) is 8.54. The van der Waals surface area contributed by atoms with E-state index in [2.05, 4.69) is 5.32 Å². The van der Waals surface area contributed by atoms with Gasteiger partial charge in [-0.05, 0) is 23.3 Å². The van der Waals surface area contributed by atoms with Crippen molar-refractivity contribution >= 4 is 28.9 Å². The summed E-state index contributed by atoms with van der Waals surface area (Å²) in [6.07, 6.45) is 1.77. The van der Waals surface area contributed by atoms with Crippen LogP contribution in [0.25, 0.3) is 11.6 Å². The summed E-state index contributed by atoms with van der Waals surface area (Å²) in [5.74, 6) is -0.0556. The first kappa shape index (κ1) is 18.8. The van der Waals surface area contributed by atoms with Gasteiger partial charge in [-0.3, -0.25) is 14.9 Å². The third-order valence-corrected chi connectivity index (χ3v) is 4.08. The van der Waals surface area contributed by atoms with Gasteiger partial charge in [-0.2, -0.15) is 0 Å². The Kier molecular flexibility index (Phi) is 5.81. The van der Waals surface area contributed by atoms with Crippen LogP contribution in [0, 0.1) is 10.1 Å². The van der Waals surface area contributed by atoms with Crippen LogP contribution in [0.5, 0.6) is 5.75 Å². The fourth-order valence-corrected chi connectivity index (χ4v) is 2.71. The van der Waals surface area contributed by atoms with E-state index in [1.807, 2.05) is 60.7 Å². The topological polar surface area (TPSA) is 81.5 Å². The van der Waals surface area contributed by atoms with Crippen LogP contribution in [-0.4, -0.2) is 17.9 Å². The molecule has 0 saturated heterocycles. The molecule has 0 aliphatic heterocycles. The van der Waals surface area contributed by atoms with Crippen molar-refractivity contribution in [2.75, 3.05) is 12.4 Å². The molecular weight excluding hydrogens is 356 g/mol. The molecule has 0 fully saturated rings. The highest BCUT2D eigenvalue weighted by molar-refractivity contribution is 6.29. The molecule has 6 heteroatoms. The molecule has 0 atom stereocenters. The molecule has 0 spiro atoms. The quantitative estimate of drug-likeness (QED) is 0.291. The number of anilines is 1. The Balaban J connectivity index is 2.00. The Labute approximate surface area is 162 Å². The molecule has 6 nitrogen and oxygen atoms in total. The largest absolute Gasteiger partial charge is 0.495 e. The van der Waals surface area contributed by atoms with E-state index in [1.165, 1.54) is 25.3 Å². The summed E-state index contributed by atoms with van der Waals surface area (Å²) in [4.78, 5) is 23.6. The second-order valence-corrected chi connectivity index (χ2v) is 5.93. The second-order valence-electron chi connectivity index (χ2n) is 5.93. The highest BCUT2D eigenvalue weighted by Crippen LogP contribution is 2.30. The van der Waals surface area contributed by atoms with Crippen LogP contribution < -0.4 is 10.1 Å². The molecule has 0 saturated carbocycles. The number of ether oxygens (including phenoxy) is 1. The lowest BCUT2D eigenvalue weighted by Gasteiger charge is -2.12. The van der Waals surface area contributed by atoms with Gasteiger partial charge in [-0.15, -0.1) is 0 Å². The maximum Gasteiger partial charge on any atom is 0.271 e. The molecular formula is C22H18N2O4. The van der Waals surface area contributed by atoms with Crippen LogP contribution >= 0.6 is 0 Å². The summed E-state index contributed by atoms with van der Waals surface area (Å²) in [7, 11) is 1.44. The SMILES string of the molecule is COc1ccc([N+](=O)[O-])cc1NC(=O)C(=Cc1ccccc1)c1ccccc1. The number of amides is 1. The number of methoxy groups -OCH3 is 1. The molecule has 3 aromatic rings. The number of nitro groups is 1. The number of benzene rings is 3. The van der Waals surface area contributed by atoms with Crippen molar-refractivity contribution in [2.24, 2.45) is 0 Å². The maximum absolute atomic E-state index is 13.1. The van der Waals surface area contributed by atoms with Gasteiger partial charge in [0.2, 0.25) is 0 Å². The predicted molar refractivity (Wildman–Crippen MR) is 109 cm³/mol. The van der Waals surface area contributed by atoms with Crippen LogP contribution in [0.15, 0.2) is 78.9 Å². The minimum absolute atomic E-state index is 0.135. The van der Waals surface area contributed by atoms with Crippen molar-refractivity contribution < 1.29 is 14.5 Å². The predicted octanol–water partition coefficient (Wildman–Crippen LogP) is 4.78. The van der Waals surface area contributed by atoms with Crippen molar-refractivity contribution in [1.82, 2.24) is 0 Å². The number of nitro benzene ring substituents is 1. The number of nitrogens with zero attached hydrogens (tertiary/aromatic N) is 1. The minimum atomic E-state index is -0.521. The summed E-state index contributed by atoms with van der Waals surface area (Å²) in [6, 6.07) is 22.7. The van der Waals surface area contributed by atoms with Crippen LogP contribution in [0.3, 0.4) is 0 Å². The number of hydrogen-bond donors (Lipinski definition) is 1. The van der Waals surface area contributed by atoms with Crippen LogP contribution in [0.2, 0.25) is 0 Å². The third-order valence-electron chi connectivity index (χ3n) is 4.08. The number of rotatable bonds is 6. The molecule has 0 aliphatic carbocycles. The molecule has 1 N–H and O–H groups in total. The van der Waals surface area contributed by atoms with Gasteiger partial charge in [0.15, 0.2) is 0 Å². The second kappa shape index (κ2) is 8.64. The molecule has 1 amide bonds. The van der Waals surface area contributed by atoms with Gasteiger partial charge >= 0.3 is 0 Å². The van der Waals surface area contributed by atoms with Gasteiger partial charge in [0.05, 0.1) is 17.7 Å². The Morgan fingerprint density at radius 1 is 1.00 bits per heavy atom. The smallest absolute Gasteiger partial charge is 0.271 e. The highest BCUT2D eigenvalue weighted by atomic mass is 16.6.